The molecule has 5 heteroatoms. The lowest BCUT2D eigenvalue weighted by atomic mass is 10.3. The maximum absolute atomic E-state index is 5.57. The molecule has 0 amide bonds. The Morgan fingerprint density at radius 2 is 2.00 bits per heavy atom. The summed E-state index contributed by atoms with van der Waals surface area (Å²) in [7, 11) is 0. The second kappa shape index (κ2) is 5.16. The van der Waals surface area contributed by atoms with E-state index in [9.17, 15) is 0 Å². The van der Waals surface area contributed by atoms with Crippen LogP contribution in [0.25, 0.3) is 0 Å². The van der Waals surface area contributed by atoms with Gasteiger partial charge in [-0.3, -0.25) is 4.68 Å². The van der Waals surface area contributed by atoms with E-state index in [2.05, 4.69) is 25.9 Å². The van der Waals surface area contributed by atoms with Crippen molar-refractivity contribution in [3.05, 3.63) is 36.7 Å². The highest BCUT2D eigenvalue weighted by molar-refractivity contribution is 5.11. The van der Waals surface area contributed by atoms with Crippen molar-refractivity contribution >= 4 is 0 Å². The van der Waals surface area contributed by atoms with Gasteiger partial charge in [-0.1, -0.05) is 12.8 Å². The van der Waals surface area contributed by atoms with Gasteiger partial charge in [-0.25, -0.2) is 9.97 Å². The van der Waals surface area contributed by atoms with Crippen LogP contribution in [0, 0.1) is 0 Å². The Hall–Kier alpha value is -1.91. The summed E-state index contributed by atoms with van der Waals surface area (Å²) in [4.78, 5) is 7.81. The molecule has 0 radical (unpaired) electrons. The molecule has 1 fully saturated rings. The average molecular weight is 244 g/mol. The van der Waals surface area contributed by atoms with Crippen LogP contribution in [0.3, 0.4) is 0 Å². The van der Waals surface area contributed by atoms with E-state index in [1.165, 1.54) is 32.0 Å². The van der Waals surface area contributed by atoms with Crippen LogP contribution >= 0.6 is 0 Å². The second-order valence-electron chi connectivity index (χ2n) is 4.59. The Morgan fingerprint density at radius 1 is 1.22 bits per heavy atom. The van der Waals surface area contributed by atoms with Crippen LogP contribution in [0.1, 0.15) is 37.4 Å². The summed E-state index contributed by atoms with van der Waals surface area (Å²) in [6, 6.07) is 2.60. The lowest BCUT2D eigenvalue weighted by molar-refractivity contribution is 0.295. The van der Waals surface area contributed by atoms with Crippen molar-refractivity contribution in [2.75, 3.05) is 0 Å². The van der Waals surface area contributed by atoms with Crippen molar-refractivity contribution in [3.63, 3.8) is 0 Å². The summed E-state index contributed by atoms with van der Waals surface area (Å²) in [5, 5.41) is 4.56. The van der Waals surface area contributed by atoms with Gasteiger partial charge >= 0.3 is 0 Å². The third-order valence-corrected chi connectivity index (χ3v) is 3.29. The molecular formula is C13H16N4O. The normalized spacial score (nSPS) is 16.0. The molecule has 0 bridgehead atoms. The fraction of sp³-hybridized carbons (Fsp3) is 0.462. The van der Waals surface area contributed by atoms with E-state index < -0.39 is 0 Å². The zero-order valence-corrected chi connectivity index (χ0v) is 10.2. The first kappa shape index (κ1) is 11.2. The van der Waals surface area contributed by atoms with Gasteiger partial charge in [0.1, 0.15) is 12.9 Å². The van der Waals surface area contributed by atoms with E-state index in [1.54, 1.807) is 12.4 Å². The Labute approximate surface area is 106 Å². The van der Waals surface area contributed by atoms with Crippen LogP contribution < -0.4 is 4.74 Å². The standard InChI is InChI=1S/C13H16N4O/c1-2-4-12(3-1)17-6-5-11(16-17)9-18-13-7-14-10-15-8-13/h5-8,10,12H,1-4,9H2. The highest BCUT2D eigenvalue weighted by atomic mass is 16.5. The smallest absolute Gasteiger partial charge is 0.156 e. The van der Waals surface area contributed by atoms with Crippen molar-refractivity contribution in [2.24, 2.45) is 0 Å². The van der Waals surface area contributed by atoms with E-state index in [4.69, 9.17) is 4.74 Å². The number of ether oxygens (including phenoxy) is 1. The average Bonchev–Trinajstić information content (AvgIpc) is 3.08. The Balaban J connectivity index is 1.60. The monoisotopic (exact) mass is 244 g/mol. The molecule has 0 aliphatic heterocycles. The molecule has 3 rings (SSSR count). The van der Waals surface area contributed by atoms with Crippen LogP contribution in [0.2, 0.25) is 0 Å². The molecule has 1 aliphatic carbocycles. The molecule has 94 valence electrons. The summed E-state index contributed by atoms with van der Waals surface area (Å²) in [5.41, 5.74) is 0.950. The molecule has 2 aromatic rings. The Bertz CT molecular complexity index is 491. The Morgan fingerprint density at radius 3 is 2.78 bits per heavy atom. The van der Waals surface area contributed by atoms with Gasteiger partial charge in [0.2, 0.25) is 0 Å². The van der Waals surface area contributed by atoms with Crippen molar-refractivity contribution in [2.45, 2.75) is 38.3 Å². The first-order valence-corrected chi connectivity index (χ1v) is 6.34. The zero-order chi connectivity index (χ0) is 12.2. The van der Waals surface area contributed by atoms with Crippen molar-refractivity contribution < 1.29 is 4.74 Å². The van der Waals surface area contributed by atoms with Crippen molar-refractivity contribution in [1.29, 1.82) is 0 Å². The summed E-state index contributed by atoms with van der Waals surface area (Å²) < 4.78 is 7.64. The fourth-order valence-electron chi connectivity index (χ4n) is 2.34. The number of rotatable bonds is 4. The highest BCUT2D eigenvalue weighted by Crippen LogP contribution is 2.28. The molecule has 2 aromatic heterocycles. The van der Waals surface area contributed by atoms with E-state index in [1.807, 2.05) is 6.07 Å². The fourth-order valence-corrected chi connectivity index (χ4v) is 2.34. The maximum Gasteiger partial charge on any atom is 0.156 e. The molecular weight excluding hydrogens is 228 g/mol. The highest BCUT2D eigenvalue weighted by Gasteiger charge is 2.17. The molecule has 0 atom stereocenters. The van der Waals surface area contributed by atoms with Gasteiger partial charge in [-0.05, 0) is 18.9 Å². The van der Waals surface area contributed by atoms with Gasteiger partial charge in [-0.2, -0.15) is 5.10 Å². The summed E-state index contributed by atoms with van der Waals surface area (Å²) in [5.74, 6) is 0.674. The van der Waals surface area contributed by atoms with Crippen LogP contribution in [0.4, 0.5) is 0 Å². The summed E-state index contributed by atoms with van der Waals surface area (Å²) in [6.07, 6.45) is 12.0. The SMILES string of the molecule is c1ncc(OCc2ccn(C3CCCC3)n2)cn1. The Kier molecular flexibility index (Phi) is 3.21. The molecule has 5 nitrogen and oxygen atoms in total. The van der Waals surface area contributed by atoms with Crippen LogP contribution in [0.15, 0.2) is 31.0 Å². The third kappa shape index (κ3) is 2.50. The minimum atomic E-state index is 0.465. The third-order valence-electron chi connectivity index (χ3n) is 3.29. The van der Waals surface area contributed by atoms with Crippen LogP contribution in [0.5, 0.6) is 5.75 Å². The lowest BCUT2D eigenvalue weighted by Crippen LogP contribution is -2.06. The van der Waals surface area contributed by atoms with Gasteiger partial charge in [0, 0.05) is 6.20 Å². The van der Waals surface area contributed by atoms with Crippen LogP contribution in [-0.2, 0) is 6.61 Å². The first-order valence-electron chi connectivity index (χ1n) is 6.34. The molecule has 2 heterocycles. The minimum Gasteiger partial charge on any atom is -0.484 e. The minimum absolute atomic E-state index is 0.465. The quantitative estimate of drug-likeness (QED) is 0.828. The van der Waals surface area contributed by atoms with E-state index in [-0.39, 0.29) is 0 Å². The summed E-state index contributed by atoms with van der Waals surface area (Å²) >= 11 is 0. The van der Waals surface area contributed by atoms with Gasteiger partial charge < -0.3 is 4.74 Å². The largest absolute Gasteiger partial charge is 0.484 e. The van der Waals surface area contributed by atoms with Gasteiger partial charge in [0.25, 0.3) is 0 Å². The van der Waals surface area contributed by atoms with Crippen LogP contribution in [-0.4, -0.2) is 19.7 Å². The second-order valence-corrected chi connectivity index (χ2v) is 4.59. The van der Waals surface area contributed by atoms with Crippen molar-refractivity contribution in [1.82, 2.24) is 19.7 Å². The molecule has 0 unspecified atom stereocenters. The molecule has 0 spiro atoms. The summed E-state index contributed by atoms with van der Waals surface area (Å²) in [6.45, 7) is 0.465. The van der Waals surface area contributed by atoms with Gasteiger partial charge in [-0.15, -0.1) is 0 Å². The van der Waals surface area contributed by atoms with E-state index in [0.29, 0.717) is 18.4 Å². The molecule has 0 N–H and O–H groups in total. The predicted octanol–water partition coefficient (Wildman–Crippen LogP) is 2.37. The van der Waals surface area contributed by atoms with Gasteiger partial charge in [0.05, 0.1) is 24.1 Å². The number of aromatic nitrogens is 4. The maximum atomic E-state index is 5.57. The molecule has 0 aromatic carbocycles. The number of hydrogen-bond donors (Lipinski definition) is 0. The van der Waals surface area contributed by atoms with E-state index in [0.717, 1.165) is 5.69 Å². The molecule has 1 saturated carbocycles. The predicted molar refractivity (Wildman–Crippen MR) is 66.1 cm³/mol. The number of hydrogen-bond acceptors (Lipinski definition) is 4. The molecule has 18 heavy (non-hydrogen) atoms. The lowest BCUT2D eigenvalue weighted by Gasteiger charge is -2.08. The zero-order valence-electron chi connectivity index (χ0n) is 10.2. The molecule has 1 aliphatic rings. The van der Waals surface area contributed by atoms with E-state index >= 15 is 0 Å². The first-order chi connectivity index (χ1) is 8.92. The van der Waals surface area contributed by atoms with Gasteiger partial charge in [0.15, 0.2) is 5.75 Å². The number of nitrogens with zero attached hydrogens (tertiary/aromatic N) is 4. The van der Waals surface area contributed by atoms with Crippen molar-refractivity contribution in [3.8, 4) is 5.75 Å². The topological polar surface area (TPSA) is 52.8 Å². The molecule has 0 saturated heterocycles.